The monoisotopic (exact) mass is 260 g/mol. The number of halogens is 1. The molecule has 18 heavy (non-hydrogen) atoms. The summed E-state index contributed by atoms with van der Waals surface area (Å²) >= 11 is 5.82. The van der Waals surface area contributed by atoms with Crippen LogP contribution in [0.4, 0.5) is 11.6 Å². The van der Waals surface area contributed by atoms with Gasteiger partial charge in [0.2, 0.25) is 0 Å². The van der Waals surface area contributed by atoms with E-state index >= 15 is 0 Å². The largest absolute Gasteiger partial charge is 0.323 e. The molecule has 0 saturated heterocycles. The van der Waals surface area contributed by atoms with Crippen molar-refractivity contribution in [2.75, 3.05) is 5.32 Å². The summed E-state index contributed by atoms with van der Waals surface area (Å²) in [5, 5.41) is 7.26. The van der Waals surface area contributed by atoms with E-state index < -0.39 is 0 Å². The van der Waals surface area contributed by atoms with Gasteiger partial charge in [-0.25, -0.2) is 19.6 Å². The second-order valence-corrected chi connectivity index (χ2v) is 3.80. The van der Waals surface area contributed by atoms with Gasteiger partial charge in [-0.1, -0.05) is 6.07 Å². The maximum Gasteiger partial charge on any atom is 0.161 e. The van der Waals surface area contributed by atoms with Crippen molar-refractivity contribution in [3.63, 3.8) is 0 Å². The zero-order chi connectivity index (χ0) is 12.4. The van der Waals surface area contributed by atoms with Crippen molar-refractivity contribution in [2.24, 2.45) is 0 Å². The van der Waals surface area contributed by atoms with E-state index in [1.807, 2.05) is 18.2 Å². The van der Waals surface area contributed by atoms with Crippen LogP contribution in [0.2, 0.25) is 0 Å². The number of hydrogen-bond acceptors (Lipinski definition) is 5. The van der Waals surface area contributed by atoms with Gasteiger partial charge in [0.1, 0.15) is 29.2 Å². The van der Waals surface area contributed by atoms with Crippen molar-refractivity contribution in [1.29, 1.82) is 0 Å². The lowest BCUT2D eigenvalue weighted by Gasteiger charge is -2.06. The van der Waals surface area contributed by atoms with E-state index in [-0.39, 0.29) is 6.00 Å². The molecule has 0 bridgehead atoms. The molecule has 0 amide bonds. The molecule has 0 saturated carbocycles. The maximum atomic E-state index is 5.82. The highest BCUT2D eigenvalue weighted by Gasteiger charge is 2.10. The van der Waals surface area contributed by atoms with Crippen LogP contribution in [0.5, 0.6) is 0 Å². The average molecular weight is 261 g/mol. The van der Waals surface area contributed by atoms with E-state index in [0.717, 1.165) is 11.0 Å². The summed E-state index contributed by atoms with van der Waals surface area (Å²) < 4.78 is 1.63. The number of anilines is 2. The first-order valence-electron chi connectivity index (χ1n) is 5.29. The third-order valence-corrected chi connectivity index (χ3v) is 2.68. The van der Waals surface area contributed by atoms with Crippen LogP contribution in [0.1, 0.15) is 0 Å². The first-order valence-corrected chi connectivity index (χ1v) is 5.82. The number of pyridine rings is 1. The SMILES string of the molecule is ClCn1ncc2ncnc(Nc3ccccn3)c21. The number of rotatable bonds is 3. The van der Waals surface area contributed by atoms with Gasteiger partial charge in [0.05, 0.1) is 6.20 Å². The van der Waals surface area contributed by atoms with E-state index in [9.17, 15) is 0 Å². The van der Waals surface area contributed by atoms with Gasteiger partial charge in [-0.05, 0) is 12.1 Å². The highest BCUT2D eigenvalue weighted by Crippen LogP contribution is 2.21. The quantitative estimate of drug-likeness (QED) is 0.731. The zero-order valence-corrected chi connectivity index (χ0v) is 10.0. The van der Waals surface area contributed by atoms with Gasteiger partial charge in [0.15, 0.2) is 5.82 Å². The maximum absolute atomic E-state index is 5.82. The van der Waals surface area contributed by atoms with Crippen LogP contribution in [0.3, 0.4) is 0 Å². The molecule has 0 aliphatic rings. The summed E-state index contributed by atoms with van der Waals surface area (Å²) in [5.41, 5.74) is 1.50. The van der Waals surface area contributed by atoms with Crippen molar-refractivity contribution < 1.29 is 0 Å². The second kappa shape index (κ2) is 4.58. The first kappa shape index (κ1) is 10.9. The Bertz CT molecular complexity index is 666. The zero-order valence-electron chi connectivity index (χ0n) is 9.29. The molecule has 7 heteroatoms. The molecule has 0 aliphatic heterocycles. The van der Waals surface area contributed by atoms with Crippen LogP contribution in [-0.2, 0) is 6.00 Å². The molecule has 90 valence electrons. The highest BCUT2D eigenvalue weighted by atomic mass is 35.5. The van der Waals surface area contributed by atoms with E-state index in [1.165, 1.54) is 6.33 Å². The minimum atomic E-state index is 0.244. The van der Waals surface area contributed by atoms with Crippen LogP contribution in [0.25, 0.3) is 11.0 Å². The summed E-state index contributed by atoms with van der Waals surface area (Å²) in [6, 6.07) is 5.85. The fraction of sp³-hybridized carbons (Fsp3) is 0.0909. The number of nitrogens with zero attached hydrogens (tertiary/aromatic N) is 5. The van der Waals surface area contributed by atoms with Gasteiger partial charge in [-0.3, -0.25) is 0 Å². The molecule has 3 rings (SSSR count). The number of fused-ring (bicyclic) bond motifs is 1. The van der Waals surface area contributed by atoms with Crippen LogP contribution in [0, 0.1) is 0 Å². The molecule has 6 nitrogen and oxygen atoms in total. The average Bonchev–Trinajstić information content (AvgIpc) is 2.84. The van der Waals surface area contributed by atoms with Gasteiger partial charge < -0.3 is 5.32 Å². The van der Waals surface area contributed by atoms with Gasteiger partial charge in [0, 0.05) is 6.20 Å². The molecule has 0 unspecified atom stereocenters. The van der Waals surface area contributed by atoms with Crippen molar-refractivity contribution in [3.05, 3.63) is 36.9 Å². The predicted octanol–water partition coefficient (Wildman–Crippen LogP) is 2.16. The number of alkyl halides is 1. The van der Waals surface area contributed by atoms with E-state index in [0.29, 0.717) is 11.6 Å². The third kappa shape index (κ3) is 1.86. The van der Waals surface area contributed by atoms with Crippen molar-refractivity contribution in [1.82, 2.24) is 24.7 Å². The predicted molar refractivity (Wildman–Crippen MR) is 68.7 cm³/mol. The lowest BCUT2D eigenvalue weighted by Crippen LogP contribution is -2.01. The Kier molecular flexibility index (Phi) is 2.77. The van der Waals surface area contributed by atoms with Crippen LogP contribution < -0.4 is 5.32 Å². The van der Waals surface area contributed by atoms with Crippen LogP contribution in [-0.4, -0.2) is 24.7 Å². The summed E-state index contributed by atoms with van der Waals surface area (Å²) in [5.74, 6) is 1.34. The number of hydrogen-bond donors (Lipinski definition) is 1. The lowest BCUT2D eigenvalue weighted by molar-refractivity contribution is 0.772. The molecule has 0 atom stereocenters. The Morgan fingerprint density at radius 3 is 2.94 bits per heavy atom. The van der Waals surface area contributed by atoms with Gasteiger partial charge in [0.25, 0.3) is 0 Å². The van der Waals surface area contributed by atoms with E-state index in [2.05, 4.69) is 25.4 Å². The third-order valence-electron chi connectivity index (χ3n) is 2.45. The molecule has 3 aromatic heterocycles. The summed E-state index contributed by atoms with van der Waals surface area (Å²) in [6.45, 7) is 0. The molecule has 0 radical (unpaired) electrons. The van der Waals surface area contributed by atoms with Crippen molar-refractivity contribution in [3.8, 4) is 0 Å². The standard InChI is InChI=1S/C11H9ClN6/c12-6-18-10-8(5-16-18)14-7-15-11(10)17-9-3-1-2-4-13-9/h1-5,7H,6H2,(H,13,14,15,17). The van der Waals surface area contributed by atoms with Gasteiger partial charge >= 0.3 is 0 Å². The summed E-state index contributed by atoms with van der Waals surface area (Å²) in [4.78, 5) is 12.5. The molecule has 0 spiro atoms. The fourth-order valence-electron chi connectivity index (χ4n) is 1.66. The molecule has 0 fully saturated rings. The van der Waals surface area contributed by atoms with Gasteiger partial charge in [-0.2, -0.15) is 5.10 Å². The first-order chi connectivity index (χ1) is 8.88. The minimum Gasteiger partial charge on any atom is -0.323 e. The van der Waals surface area contributed by atoms with Crippen molar-refractivity contribution in [2.45, 2.75) is 6.00 Å². The smallest absolute Gasteiger partial charge is 0.161 e. The molecular weight excluding hydrogens is 252 g/mol. The Morgan fingerprint density at radius 1 is 1.22 bits per heavy atom. The number of nitrogens with one attached hydrogen (secondary N) is 1. The Morgan fingerprint density at radius 2 is 2.17 bits per heavy atom. The molecule has 1 N–H and O–H groups in total. The fourth-order valence-corrected chi connectivity index (χ4v) is 1.84. The molecule has 0 aliphatic carbocycles. The number of aromatic nitrogens is 5. The molecule has 3 heterocycles. The highest BCUT2D eigenvalue weighted by molar-refractivity contribution is 6.15. The van der Waals surface area contributed by atoms with Crippen LogP contribution in [0.15, 0.2) is 36.9 Å². The second-order valence-electron chi connectivity index (χ2n) is 3.56. The van der Waals surface area contributed by atoms with Crippen molar-refractivity contribution >= 4 is 34.3 Å². The van der Waals surface area contributed by atoms with Crippen LogP contribution >= 0.6 is 11.6 Å². The lowest BCUT2D eigenvalue weighted by atomic mass is 10.4. The Labute approximate surface area is 108 Å². The molecule has 3 aromatic rings. The normalized spacial score (nSPS) is 10.7. The summed E-state index contributed by atoms with van der Waals surface area (Å²) in [6.07, 6.45) is 4.84. The summed E-state index contributed by atoms with van der Waals surface area (Å²) in [7, 11) is 0. The van der Waals surface area contributed by atoms with E-state index in [1.54, 1.807) is 17.1 Å². The van der Waals surface area contributed by atoms with Gasteiger partial charge in [-0.15, -0.1) is 11.6 Å². The Balaban J connectivity index is 2.09. The Hall–Kier alpha value is -2.21. The molecular formula is C11H9ClN6. The molecule has 0 aromatic carbocycles. The van der Waals surface area contributed by atoms with E-state index in [4.69, 9.17) is 11.6 Å². The minimum absolute atomic E-state index is 0.244. The topological polar surface area (TPSA) is 68.5 Å².